The largest absolute Gasteiger partial charge is 0.469 e. The topological polar surface area (TPSA) is 58.9 Å². The third-order valence-corrected chi connectivity index (χ3v) is 3.76. The molecular weight excluding hydrogens is 290 g/mol. The van der Waals surface area contributed by atoms with Crippen LogP contribution in [0.15, 0.2) is 59.8 Å². The molecule has 1 N–H and O–H groups in total. The molecule has 0 spiro atoms. The molecule has 1 atom stereocenters. The molecule has 4 heteroatoms. The van der Waals surface area contributed by atoms with E-state index in [0.717, 1.165) is 16.7 Å². The van der Waals surface area contributed by atoms with Crippen LogP contribution >= 0.6 is 0 Å². The summed E-state index contributed by atoms with van der Waals surface area (Å²) in [5.74, 6) is -0.625. The lowest BCUT2D eigenvalue weighted by atomic mass is 9.97. The van der Waals surface area contributed by atoms with Gasteiger partial charge in [-0.25, -0.2) is 0 Å². The zero-order valence-electron chi connectivity index (χ0n) is 13.4. The first kappa shape index (κ1) is 16.7. The molecule has 4 nitrogen and oxygen atoms in total. The molecule has 0 aliphatic rings. The Morgan fingerprint density at radius 1 is 1.09 bits per heavy atom. The summed E-state index contributed by atoms with van der Waals surface area (Å²) in [5.41, 5.74) is 3.90. The summed E-state index contributed by atoms with van der Waals surface area (Å²) in [6.07, 6.45) is 0.885. The van der Waals surface area contributed by atoms with Gasteiger partial charge >= 0.3 is 5.97 Å². The number of carbonyl (C=O) groups excluding carboxylic acids is 1. The van der Waals surface area contributed by atoms with E-state index in [0.29, 0.717) is 18.6 Å². The molecule has 23 heavy (non-hydrogen) atoms. The van der Waals surface area contributed by atoms with Crippen molar-refractivity contribution in [3.05, 3.63) is 60.2 Å². The minimum absolute atomic E-state index is 0.300. The fraction of sp³-hybridized carbons (Fsp3) is 0.263. The van der Waals surface area contributed by atoms with Crippen molar-refractivity contribution in [1.29, 1.82) is 0 Å². The second-order valence-electron chi connectivity index (χ2n) is 5.53. The second-order valence-corrected chi connectivity index (χ2v) is 5.53. The van der Waals surface area contributed by atoms with E-state index in [1.807, 2.05) is 42.5 Å². The van der Waals surface area contributed by atoms with E-state index in [1.165, 1.54) is 7.11 Å². The van der Waals surface area contributed by atoms with Crippen molar-refractivity contribution in [1.82, 2.24) is 0 Å². The summed E-state index contributed by atoms with van der Waals surface area (Å²) in [4.78, 5) is 11.5. The molecule has 120 valence electrons. The number of carbonyl (C=O) groups is 1. The van der Waals surface area contributed by atoms with Crippen LogP contribution in [0.4, 0.5) is 0 Å². The molecule has 0 amide bonds. The lowest BCUT2D eigenvalue weighted by Crippen LogP contribution is -2.18. The van der Waals surface area contributed by atoms with Gasteiger partial charge in [-0.05, 0) is 16.7 Å². The first-order valence-electron chi connectivity index (χ1n) is 7.56. The zero-order chi connectivity index (χ0) is 16.7. The van der Waals surface area contributed by atoms with Gasteiger partial charge in [-0.2, -0.15) is 0 Å². The van der Waals surface area contributed by atoms with Gasteiger partial charge in [-0.3, -0.25) is 4.79 Å². The van der Waals surface area contributed by atoms with Crippen molar-refractivity contribution in [2.45, 2.75) is 19.8 Å². The zero-order valence-corrected chi connectivity index (χ0v) is 13.4. The number of benzene rings is 2. The number of esters is 1. The maximum atomic E-state index is 11.5. The Bertz CT molecular complexity index is 663. The first-order valence-corrected chi connectivity index (χ1v) is 7.56. The third-order valence-electron chi connectivity index (χ3n) is 3.76. The molecule has 2 aromatic rings. The van der Waals surface area contributed by atoms with E-state index < -0.39 is 0 Å². The SMILES string of the molecule is COC(=O)[C@H](C)CC(Cc1ccc(-c2ccccc2)cc1)=NO. The molecule has 0 saturated carbocycles. The fourth-order valence-corrected chi connectivity index (χ4v) is 2.47. The molecule has 0 saturated heterocycles. The van der Waals surface area contributed by atoms with Crippen LogP contribution in [0.25, 0.3) is 11.1 Å². The lowest BCUT2D eigenvalue weighted by molar-refractivity contribution is -0.144. The van der Waals surface area contributed by atoms with Crippen molar-refractivity contribution in [2.24, 2.45) is 11.1 Å². The number of nitrogens with zero attached hydrogens (tertiary/aromatic N) is 1. The first-order chi connectivity index (χ1) is 11.1. The van der Waals surface area contributed by atoms with Crippen LogP contribution in [0.5, 0.6) is 0 Å². The highest BCUT2D eigenvalue weighted by molar-refractivity contribution is 5.89. The number of methoxy groups -OCH3 is 1. The Kier molecular flexibility index (Phi) is 5.92. The van der Waals surface area contributed by atoms with Gasteiger partial charge in [-0.15, -0.1) is 0 Å². The maximum absolute atomic E-state index is 11.5. The van der Waals surface area contributed by atoms with Gasteiger partial charge in [0.25, 0.3) is 0 Å². The molecule has 0 unspecified atom stereocenters. The van der Waals surface area contributed by atoms with Crippen LogP contribution in [-0.2, 0) is 16.0 Å². The van der Waals surface area contributed by atoms with Gasteiger partial charge < -0.3 is 9.94 Å². The van der Waals surface area contributed by atoms with Crippen molar-refractivity contribution < 1.29 is 14.7 Å². The average molecular weight is 311 g/mol. The van der Waals surface area contributed by atoms with E-state index in [2.05, 4.69) is 17.3 Å². The number of hydrogen-bond donors (Lipinski definition) is 1. The van der Waals surface area contributed by atoms with Crippen molar-refractivity contribution in [3.63, 3.8) is 0 Å². The van der Waals surface area contributed by atoms with Gasteiger partial charge in [-0.1, -0.05) is 66.7 Å². The highest BCUT2D eigenvalue weighted by atomic mass is 16.5. The fourth-order valence-electron chi connectivity index (χ4n) is 2.47. The van der Waals surface area contributed by atoms with Gasteiger partial charge in [0.05, 0.1) is 18.7 Å². The standard InChI is InChI=1S/C19H21NO3/c1-14(19(21)23-2)12-18(20-22)13-15-8-10-17(11-9-15)16-6-4-3-5-7-16/h3-11,14,22H,12-13H2,1-2H3/t14-/m1/s1. The Balaban J connectivity index is 2.03. The molecule has 0 bridgehead atoms. The predicted molar refractivity (Wildman–Crippen MR) is 90.6 cm³/mol. The number of oxime groups is 1. The summed E-state index contributed by atoms with van der Waals surface area (Å²) in [7, 11) is 1.36. The van der Waals surface area contributed by atoms with Crippen LogP contribution in [0.3, 0.4) is 0 Å². The Hall–Kier alpha value is -2.62. The molecule has 0 radical (unpaired) electrons. The van der Waals surface area contributed by atoms with Gasteiger partial charge in [0, 0.05) is 12.8 Å². The van der Waals surface area contributed by atoms with E-state index in [9.17, 15) is 4.79 Å². The lowest BCUT2D eigenvalue weighted by Gasteiger charge is -2.10. The Labute approximate surface area is 136 Å². The highest BCUT2D eigenvalue weighted by Gasteiger charge is 2.16. The maximum Gasteiger partial charge on any atom is 0.308 e. The van der Waals surface area contributed by atoms with Crippen molar-refractivity contribution >= 4 is 11.7 Å². The molecule has 0 aromatic heterocycles. The van der Waals surface area contributed by atoms with Gasteiger partial charge in [0.1, 0.15) is 0 Å². The molecule has 2 rings (SSSR count). The van der Waals surface area contributed by atoms with E-state index in [4.69, 9.17) is 9.94 Å². The summed E-state index contributed by atoms with van der Waals surface area (Å²) in [5, 5.41) is 12.5. The highest BCUT2D eigenvalue weighted by Crippen LogP contribution is 2.20. The Morgan fingerprint density at radius 2 is 1.70 bits per heavy atom. The third kappa shape index (κ3) is 4.68. The smallest absolute Gasteiger partial charge is 0.308 e. The number of ether oxygens (including phenoxy) is 1. The van der Waals surface area contributed by atoms with Crippen molar-refractivity contribution in [3.8, 4) is 11.1 Å². The van der Waals surface area contributed by atoms with E-state index in [1.54, 1.807) is 6.92 Å². The van der Waals surface area contributed by atoms with Crippen LogP contribution in [0.1, 0.15) is 18.9 Å². The quantitative estimate of drug-likeness (QED) is 0.380. The second kappa shape index (κ2) is 8.13. The summed E-state index contributed by atoms with van der Waals surface area (Å²) >= 11 is 0. The van der Waals surface area contributed by atoms with Gasteiger partial charge in [0.2, 0.25) is 0 Å². The van der Waals surface area contributed by atoms with E-state index >= 15 is 0 Å². The van der Waals surface area contributed by atoms with Gasteiger partial charge in [0.15, 0.2) is 0 Å². The minimum Gasteiger partial charge on any atom is -0.469 e. The average Bonchev–Trinajstić information content (AvgIpc) is 2.61. The van der Waals surface area contributed by atoms with E-state index in [-0.39, 0.29) is 11.9 Å². The molecule has 0 heterocycles. The minimum atomic E-state index is -0.325. The van der Waals surface area contributed by atoms with Crippen LogP contribution < -0.4 is 0 Å². The molecule has 0 aliphatic heterocycles. The van der Waals surface area contributed by atoms with Crippen LogP contribution in [-0.4, -0.2) is 24.0 Å². The summed E-state index contributed by atoms with van der Waals surface area (Å²) in [6.45, 7) is 1.76. The monoisotopic (exact) mass is 311 g/mol. The van der Waals surface area contributed by atoms with Crippen LogP contribution in [0, 0.1) is 5.92 Å². The predicted octanol–water partition coefficient (Wildman–Crippen LogP) is 3.93. The molecular formula is C19H21NO3. The Morgan fingerprint density at radius 3 is 2.26 bits per heavy atom. The normalized spacial score (nSPS) is 12.7. The van der Waals surface area contributed by atoms with Crippen LogP contribution in [0.2, 0.25) is 0 Å². The molecule has 0 fully saturated rings. The number of hydrogen-bond acceptors (Lipinski definition) is 4. The number of rotatable bonds is 6. The summed E-state index contributed by atoms with van der Waals surface area (Å²) < 4.78 is 4.70. The summed E-state index contributed by atoms with van der Waals surface area (Å²) in [6, 6.07) is 18.2. The molecule has 0 aliphatic carbocycles. The molecule has 2 aromatic carbocycles. The van der Waals surface area contributed by atoms with Crippen molar-refractivity contribution in [2.75, 3.05) is 7.11 Å².